The van der Waals surface area contributed by atoms with Crippen molar-refractivity contribution in [2.24, 2.45) is 4.99 Å². The van der Waals surface area contributed by atoms with Gasteiger partial charge in [-0.15, -0.1) is 0 Å². The van der Waals surface area contributed by atoms with Crippen LogP contribution in [0.4, 0.5) is 4.79 Å². The molecule has 0 aromatic heterocycles. The van der Waals surface area contributed by atoms with Crippen LogP contribution in [-0.4, -0.2) is 49.8 Å². The summed E-state index contributed by atoms with van der Waals surface area (Å²) >= 11 is 0. The molecule has 1 unspecified atom stereocenters. The summed E-state index contributed by atoms with van der Waals surface area (Å²) in [5.41, 5.74) is 0.774. The number of para-hydroxylation sites is 1. The molecule has 0 aliphatic carbocycles. The summed E-state index contributed by atoms with van der Waals surface area (Å²) in [4.78, 5) is 18.3. The largest absolute Gasteiger partial charge is 0.490 e. The van der Waals surface area contributed by atoms with Crippen molar-refractivity contribution < 1.29 is 19.0 Å². The third-order valence-electron chi connectivity index (χ3n) is 3.68. The van der Waals surface area contributed by atoms with Crippen LogP contribution >= 0.6 is 0 Å². The topological polar surface area (TPSA) is 72.4 Å². The molecular weight excluding hydrogens is 322 g/mol. The van der Waals surface area contributed by atoms with E-state index in [4.69, 9.17) is 14.2 Å². The van der Waals surface area contributed by atoms with Gasteiger partial charge in [-0.2, -0.15) is 0 Å². The Kier molecular flexibility index (Phi) is 7.37. The molecule has 25 heavy (non-hydrogen) atoms. The molecule has 1 amide bonds. The van der Waals surface area contributed by atoms with Crippen LogP contribution in [0.15, 0.2) is 23.2 Å². The lowest BCUT2D eigenvalue weighted by molar-refractivity contribution is 0.126. The lowest BCUT2D eigenvalue weighted by atomic mass is 10.2. The normalized spacial score (nSPS) is 16.0. The molecule has 1 N–H and O–H groups in total. The minimum absolute atomic E-state index is 0.115. The SMILES string of the molecule is CCCN1C=NCC1NC(=O)OCc1cccc(OCC)c1OCC. The smallest absolute Gasteiger partial charge is 0.409 e. The predicted molar refractivity (Wildman–Crippen MR) is 96.2 cm³/mol. The molecule has 138 valence electrons. The van der Waals surface area contributed by atoms with Gasteiger partial charge in [0.05, 0.1) is 26.1 Å². The van der Waals surface area contributed by atoms with E-state index < -0.39 is 6.09 Å². The molecule has 1 heterocycles. The van der Waals surface area contributed by atoms with Gasteiger partial charge in [0, 0.05) is 12.1 Å². The molecular formula is C18H27N3O4. The van der Waals surface area contributed by atoms with Crippen molar-refractivity contribution in [2.75, 3.05) is 26.3 Å². The third kappa shape index (κ3) is 5.27. The predicted octanol–water partition coefficient (Wildman–Crippen LogP) is 2.79. The van der Waals surface area contributed by atoms with Gasteiger partial charge in [-0.1, -0.05) is 19.1 Å². The molecule has 1 aliphatic rings. The Hall–Kier alpha value is -2.44. The maximum absolute atomic E-state index is 12.1. The van der Waals surface area contributed by atoms with Crippen LogP contribution < -0.4 is 14.8 Å². The number of nitrogens with zero attached hydrogens (tertiary/aromatic N) is 2. The highest BCUT2D eigenvalue weighted by Crippen LogP contribution is 2.32. The molecule has 0 radical (unpaired) electrons. The molecule has 0 spiro atoms. The fourth-order valence-electron chi connectivity index (χ4n) is 2.61. The van der Waals surface area contributed by atoms with Crippen molar-refractivity contribution in [3.8, 4) is 11.5 Å². The molecule has 1 aromatic rings. The first kappa shape index (κ1) is 18.9. The summed E-state index contributed by atoms with van der Waals surface area (Å²) in [5.74, 6) is 1.28. The standard InChI is InChI=1S/C18H27N3O4/c1-4-10-21-13-19-11-16(21)20-18(22)25-12-14-8-7-9-15(23-5-2)17(14)24-6-3/h7-9,13,16H,4-6,10-12H2,1-3H3,(H,20,22). The zero-order chi connectivity index (χ0) is 18.1. The highest BCUT2D eigenvalue weighted by atomic mass is 16.6. The van der Waals surface area contributed by atoms with Crippen molar-refractivity contribution in [3.63, 3.8) is 0 Å². The van der Waals surface area contributed by atoms with Crippen molar-refractivity contribution in [2.45, 2.75) is 40.0 Å². The Morgan fingerprint density at radius 2 is 2.08 bits per heavy atom. The number of amides is 1. The lowest BCUT2D eigenvalue weighted by Gasteiger charge is -2.24. The second-order valence-corrected chi connectivity index (χ2v) is 5.57. The zero-order valence-electron chi connectivity index (χ0n) is 15.2. The van der Waals surface area contributed by atoms with E-state index in [1.54, 1.807) is 6.34 Å². The van der Waals surface area contributed by atoms with E-state index >= 15 is 0 Å². The summed E-state index contributed by atoms with van der Waals surface area (Å²) in [6.07, 6.45) is 2.14. The van der Waals surface area contributed by atoms with Gasteiger partial charge in [0.1, 0.15) is 12.8 Å². The summed E-state index contributed by atoms with van der Waals surface area (Å²) in [7, 11) is 0. The van der Waals surface area contributed by atoms with E-state index in [1.807, 2.05) is 36.9 Å². The van der Waals surface area contributed by atoms with E-state index in [0.717, 1.165) is 18.5 Å². The number of hydrogen-bond donors (Lipinski definition) is 1. The fourth-order valence-corrected chi connectivity index (χ4v) is 2.61. The number of benzene rings is 1. The Morgan fingerprint density at radius 1 is 1.28 bits per heavy atom. The molecule has 0 saturated heterocycles. The number of hydrogen-bond acceptors (Lipinski definition) is 6. The van der Waals surface area contributed by atoms with Crippen LogP contribution in [-0.2, 0) is 11.3 Å². The summed E-state index contributed by atoms with van der Waals surface area (Å²) < 4.78 is 16.6. The van der Waals surface area contributed by atoms with Crippen molar-refractivity contribution in [1.82, 2.24) is 10.2 Å². The minimum Gasteiger partial charge on any atom is -0.490 e. The van der Waals surface area contributed by atoms with Gasteiger partial charge < -0.3 is 19.1 Å². The maximum atomic E-state index is 12.1. The number of aliphatic imine (C=N–C) groups is 1. The second-order valence-electron chi connectivity index (χ2n) is 5.57. The quantitative estimate of drug-likeness (QED) is 0.742. The van der Waals surface area contributed by atoms with Crippen molar-refractivity contribution in [3.05, 3.63) is 23.8 Å². The summed E-state index contributed by atoms with van der Waals surface area (Å²) in [5, 5.41) is 2.84. The average molecular weight is 349 g/mol. The van der Waals surface area contributed by atoms with E-state index in [1.165, 1.54) is 0 Å². The third-order valence-corrected chi connectivity index (χ3v) is 3.68. The van der Waals surface area contributed by atoms with Gasteiger partial charge in [-0.05, 0) is 26.3 Å². The fraction of sp³-hybridized carbons (Fsp3) is 0.556. The Bertz CT molecular complexity index is 592. The molecule has 1 aromatic carbocycles. The van der Waals surface area contributed by atoms with Crippen LogP contribution in [0.1, 0.15) is 32.8 Å². The Labute approximate surface area is 149 Å². The van der Waals surface area contributed by atoms with Crippen LogP contribution in [0, 0.1) is 0 Å². The first-order valence-corrected chi connectivity index (χ1v) is 8.76. The lowest BCUT2D eigenvalue weighted by Crippen LogP contribution is -2.46. The van der Waals surface area contributed by atoms with E-state index in [2.05, 4.69) is 17.2 Å². The number of carbonyl (C=O) groups excluding carboxylic acids is 1. The van der Waals surface area contributed by atoms with Gasteiger partial charge in [-0.3, -0.25) is 10.3 Å². The Balaban J connectivity index is 1.94. The van der Waals surface area contributed by atoms with Gasteiger partial charge >= 0.3 is 6.09 Å². The van der Waals surface area contributed by atoms with Crippen molar-refractivity contribution >= 4 is 12.4 Å². The summed E-state index contributed by atoms with van der Waals surface area (Å²) in [6, 6.07) is 5.57. The number of nitrogens with one attached hydrogen (secondary N) is 1. The van der Waals surface area contributed by atoms with Crippen LogP contribution in [0.3, 0.4) is 0 Å². The highest BCUT2D eigenvalue weighted by molar-refractivity contribution is 5.69. The van der Waals surface area contributed by atoms with Crippen LogP contribution in [0.5, 0.6) is 11.5 Å². The monoisotopic (exact) mass is 349 g/mol. The molecule has 2 rings (SSSR count). The molecule has 0 saturated carbocycles. The van der Waals surface area contributed by atoms with Crippen LogP contribution in [0.25, 0.3) is 0 Å². The first-order chi connectivity index (χ1) is 12.2. The molecule has 1 aliphatic heterocycles. The van der Waals surface area contributed by atoms with Crippen LogP contribution in [0.2, 0.25) is 0 Å². The van der Waals surface area contributed by atoms with Gasteiger partial charge in [0.15, 0.2) is 11.5 Å². The molecule has 7 heteroatoms. The van der Waals surface area contributed by atoms with Gasteiger partial charge in [0.25, 0.3) is 0 Å². The van der Waals surface area contributed by atoms with E-state index in [9.17, 15) is 4.79 Å². The second kappa shape index (κ2) is 9.76. The van der Waals surface area contributed by atoms with Gasteiger partial charge in [0.2, 0.25) is 0 Å². The number of ether oxygens (including phenoxy) is 3. The average Bonchev–Trinajstić information content (AvgIpc) is 3.03. The minimum atomic E-state index is -0.471. The van der Waals surface area contributed by atoms with E-state index in [-0.39, 0.29) is 12.8 Å². The highest BCUT2D eigenvalue weighted by Gasteiger charge is 2.22. The molecule has 0 fully saturated rings. The number of carbonyl (C=O) groups is 1. The van der Waals surface area contributed by atoms with Crippen molar-refractivity contribution in [1.29, 1.82) is 0 Å². The number of rotatable bonds is 9. The molecule has 7 nitrogen and oxygen atoms in total. The Morgan fingerprint density at radius 3 is 2.80 bits per heavy atom. The number of alkyl carbamates (subject to hydrolysis) is 1. The molecule has 1 atom stereocenters. The van der Waals surface area contributed by atoms with Gasteiger partial charge in [-0.25, -0.2) is 4.79 Å². The maximum Gasteiger partial charge on any atom is 0.409 e. The first-order valence-electron chi connectivity index (χ1n) is 8.76. The molecule has 0 bridgehead atoms. The zero-order valence-corrected chi connectivity index (χ0v) is 15.2. The summed E-state index contributed by atoms with van der Waals surface area (Å²) in [6.45, 7) is 8.46. The van der Waals surface area contributed by atoms with E-state index in [0.29, 0.717) is 31.3 Å².